The third kappa shape index (κ3) is 2.66. The fourth-order valence-electron chi connectivity index (χ4n) is 1.46. The summed E-state index contributed by atoms with van der Waals surface area (Å²) in [5.41, 5.74) is 0.672. The fourth-order valence-corrected chi connectivity index (χ4v) is 1.90. The normalized spacial score (nSPS) is 10.4. The summed E-state index contributed by atoms with van der Waals surface area (Å²) in [7, 11) is 1.78. The highest BCUT2D eigenvalue weighted by Gasteiger charge is 2.07. The Morgan fingerprint density at radius 2 is 2.06 bits per heavy atom. The first kappa shape index (κ1) is 12.9. The quantitative estimate of drug-likeness (QED) is 0.831. The molecule has 0 atom stereocenters. The summed E-state index contributed by atoms with van der Waals surface area (Å²) in [5, 5.41) is 2.89. The van der Waals surface area contributed by atoms with Gasteiger partial charge in [-0.05, 0) is 29.5 Å². The molecule has 0 saturated carbocycles. The molecule has 0 unspecified atom stereocenters. The summed E-state index contributed by atoms with van der Waals surface area (Å²) in [4.78, 5) is 24.5. The lowest BCUT2D eigenvalue weighted by atomic mass is 10.4. The molecule has 2 heterocycles. The van der Waals surface area contributed by atoms with Crippen LogP contribution in [0.15, 0.2) is 23.4 Å². The minimum Gasteiger partial charge on any atom is -0.372 e. The van der Waals surface area contributed by atoms with Crippen molar-refractivity contribution in [3.8, 4) is 0 Å². The van der Waals surface area contributed by atoms with Crippen molar-refractivity contribution in [2.75, 3.05) is 12.4 Å². The number of hydrogen-bond acceptors (Lipinski definition) is 5. The van der Waals surface area contributed by atoms with Crippen LogP contribution < -0.4 is 10.9 Å². The molecule has 0 bridgehead atoms. The number of nitrogens with one attached hydrogen (secondary N) is 1. The van der Waals surface area contributed by atoms with Gasteiger partial charge in [0.2, 0.25) is 0 Å². The zero-order valence-electron chi connectivity index (χ0n) is 10.0. The Labute approximate surface area is 118 Å². The van der Waals surface area contributed by atoms with Gasteiger partial charge in [-0.25, -0.2) is 9.97 Å². The number of nitrogens with zero attached hydrogens (tertiary/aromatic N) is 4. The minimum atomic E-state index is -0.0532. The molecule has 2 aromatic heterocycles. The molecule has 7 heteroatoms. The first-order valence-electron chi connectivity index (χ1n) is 5.32. The van der Waals surface area contributed by atoms with Crippen LogP contribution in [-0.4, -0.2) is 26.6 Å². The van der Waals surface area contributed by atoms with E-state index in [-0.39, 0.29) is 5.56 Å². The Bertz CT molecular complexity index is 608. The minimum absolute atomic E-state index is 0.0532. The van der Waals surface area contributed by atoms with E-state index in [9.17, 15) is 4.79 Å². The van der Waals surface area contributed by atoms with E-state index in [1.54, 1.807) is 37.1 Å². The van der Waals surface area contributed by atoms with Gasteiger partial charge in [-0.1, -0.05) is 0 Å². The summed E-state index contributed by atoms with van der Waals surface area (Å²) < 4.78 is 2.18. The van der Waals surface area contributed by atoms with Crippen molar-refractivity contribution in [2.24, 2.45) is 0 Å². The topological polar surface area (TPSA) is 72.7 Å². The van der Waals surface area contributed by atoms with Gasteiger partial charge in [0.1, 0.15) is 11.6 Å². The maximum atomic E-state index is 12.0. The summed E-state index contributed by atoms with van der Waals surface area (Å²) >= 11 is 1.98. The van der Waals surface area contributed by atoms with E-state index in [1.807, 2.05) is 22.6 Å². The molecule has 2 aromatic rings. The molecule has 0 radical (unpaired) electrons. The van der Waals surface area contributed by atoms with Gasteiger partial charge in [0, 0.05) is 13.2 Å². The lowest BCUT2D eigenvalue weighted by Crippen LogP contribution is -2.26. The van der Waals surface area contributed by atoms with Gasteiger partial charge < -0.3 is 5.32 Å². The van der Waals surface area contributed by atoms with Gasteiger partial charge in [0.05, 0.1) is 28.2 Å². The van der Waals surface area contributed by atoms with Crippen molar-refractivity contribution >= 4 is 28.4 Å². The lowest BCUT2D eigenvalue weighted by molar-refractivity contribution is 0.679. The van der Waals surface area contributed by atoms with Gasteiger partial charge in [0.25, 0.3) is 5.56 Å². The molecule has 0 aliphatic carbocycles. The van der Waals surface area contributed by atoms with Crippen LogP contribution in [0.25, 0.3) is 0 Å². The zero-order chi connectivity index (χ0) is 13.1. The summed E-state index contributed by atoms with van der Waals surface area (Å²) in [6, 6.07) is 0. The predicted octanol–water partition coefficient (Wildman–Crippen LogP) is 1.04. The molecule has 0 aliphatic rings. The van der Waals surface area contributed by atoms with Crippen LogP contribution in [-0.2, 0) is 6.54 Å². The predicted molar refractivity (Wildman–Crippen MR) is 76.6 cm³/mol. The highest BCUT2D eigenvalue weighted by atomic mass is 127. The van der Waals surface area contributed by atoms with Crippen molar-refractivity contribution in [3.63, 3.8) is 0 Å². The van der Waals surface area contributed by atoms with Crippen LogP contribution in [0, 0.1) is 10.5 Å². The number of aryl methyl sites for hydroxylation is 1. The van der Waals surface area contributed by atoms with Crippen LogP contribution in [0.4, 0.5) is 5.82 Å². The molecule has 0 aromatic carbocycles. The number of rotatable bonds is 3. The molecule has 2 rings (SSSR count). The van der Waals surface area contributed by atoms with Crippen molar-refractivity contribution in [1.29, 1.82) is 0 Å². The van der Waals surface area contributed by atoms with E-state index in [4.69, 9.17) is 0 Å². The van der Waals surface area contributed by atoms with E-state index in [2.05, 4.69) is 20.3 Å². The van der Waals surface area contributed by atoms with E-state index in [0.29, 0.717) is 21.8 Å². The zero-order valence-corrected chi connectivity index (χ0v) is 12.2. The van der Waals surface area contributed by atoms with Crippen molar-refractivity contribution in [2.45, 2.75) is 13.5 Å². The van der Waals surface area contributed by atoms with Crippen LogP contribution in [0.5, 0.6) is 0 Å². The molecular weight excluding hydrogens is 345 g/mol. The second-order valence-corrected chi connectivity index (χ2v) is 4.85. The standard InChI is InChI=1S/C11H12IN5O/c1-7-14-4-9(12)11(18)17(7)6-8-3-16-10(13-2)5-15-8/h3-5H,6H2,1-2H3,(H,13,16). The highest BCUT2D eigenvalue weighted by molar-refractivity contribution is 14.1. The second kappa shape index (κ2) is 5.42. The Kier molecular flexibility index (Phi) is 3.90. The molecule has 6 nitrogen and oxygen atoms in total. The van der Waals surface area contributed by atoms with E-state index in [0.717, 1.165) is 5.69 Å². The van der Waals surface area contributed by atoms with Crippen LogP contribution in [0.3, 0.4) is 0 Å². The summed E-state index contributed by atoms with van der Waals surface area (Å²) in [5.74, 6) is 1.36. The van der Waals surface area contributed by atoms with Gasteiger partial charge in [-0.15, -0.1) is 0 Å². The smallest absolute Gasteiger partial charge is 0.267 e. The molecule has 0 saturated heterocycles. The summed E-state index contributed by atoms with van der Waals surface area (Å²) in [6.45, 7) is 2.18. The largest absolute Gasteiger partial charge is 0.372 e. The Hall–Kier alpha value is -1.51. The van der Waals surface area contributed by atoms with Crippen LogP contribution in [0.2, 0.25) is 0 Å². The van der Waals surface area contributed by atoms with Gasteiger partial charge in [-0.3, -0.25) is 14.3 Å². The van der Waals surface area contributed by atoms with Crippen LogP contribution in [0.1, 0.15) is 11.5 Å². The van der Waals surface area contributed by atoms with Gasteiger partial charge in [-0.2, -0.15) is 0 Å². The molecular formula is C11H12IN5O. The molecule has 0 spiro atoms. The average Bonchev–Trinajstić information content (AvgIpc) is 2.40. The van der Waals surface area contributed by atoms with Gasteiger partial charge in [0.15, 0.2) is 0 Å². The highest BCUT2D eigenvalue weighted by Crippen LogP contribution is 2.03. The molecule has 0 aliphatic heterocycles. The Morgan fingerprint density at radius 3 is 2.67 bits per heavy atom. The number of halogens is 1. The second-order valence-electron chi connectivity index (χ2n) is 3.69. The van der Waals surface area contributed by atoms with Crippen molar-refractivity contribution in [3.05, 3.63) is 44.0 Å². The monoisotopic (exact) mass is 357 g/mol. The Morgan fingerprint density at radius 1 is 1.28 bits per heavy atom. The maximum absolute atomic E-state index is 12.0. The Balaban J connectivity index is 2.33. The third-order valence-corrected chi connectivity index (χ3v) is 3.23. The number of aromatic nitrogens is 4. The van der Waals surface area contributed by atoms with Gasteiger partial charge >= 0.3 is 0 Å². The SMILES string of the molecule is CNc1cnc(Cn2c(C)ncc(I)c2=O)cn1. The first-order chi connectivity index (χ1) is 8.61. The molecule has 0 amide bonds. The number of hydrogen-bond donors (Lipinski definition) is 1. The molecule has 18 heavy (non-hydrogen) atoms. The van der Waals surface area contributed by atoms with Crippen molar-refractivity contribution < 1.29 is 0 Å². The first-order valence-corrected chi connectivity index (χ1v) is 6.40. The molecule has 1 N–H and O–H groups in total. The third-order valence-electron chi connectivity index (χ3n) is 2.49. The van der Waals surface area contributed by atoms with Crippen molar-refractivity contribution in [1.82, 2.24) is 19.5 Å². The van der Waals surface area contributed by atoms with E-state index >= 15 is 0 Å². The number of anilines is 1. The fraction of sp³-hybridized carbons (Fsp3) is 0.273. The van der Waals surface area contributed by atoms with Crippen LogP contribution >= 0.6 is 22.6 Å². The maximum Gasteiger partial charge on any atom is 0.267 e. The molecule has 0 fully saturated rings. The van der Waals surface area contributed by atoms with E-state index in [1.165, 1.54) is 0 Å². The summed E-state index contributed by atoms with van der Waals surface area (Å²) in [6.07, 6.45) is 4.86. The lowest BCUT2D eigenvalue weighted by Gasteiger charge is -2.08. The average molecular weight is 357 g/mol. The molecule has 94 valence electrons. The van der Waals surface area contributed by atoms with E-state index < -0.39 is 0 Å².